The molecule has 1 unspecified atom stereocenters. The second-order valence-electron chi connectivity index (χ2n) is 7.67. The molecular weight excluding hydrogens is 383 g/mol. The van der Waals surface area contributed by atoms with Gasteiger partial charge in [-0.2, -0.15) is 5.26 Å². The Balaban J connectivity index is 2.48. The number of halogens is 1. The molecule has 0 amide bonds. The Morgan fingerprint density at radius 3 is 2.53 bits per heavy atom. The number of carbonyl (C=O) groups excluding carboxylic acids is 1. The molecule has 0 bridgehead atoms. The molecule has 2 aromatic carbocycles. The van der Waals surface area contributed by atoms with Gasteiger partial charge >= 0.3 is 5.97 Å². The van der Waals surface area contributed by atoms with Crippen LogP contribution in [-0.4, -0.2) is 36.6 Å². The normalized spacial score (nSPS) is 13.0. The highest BCUT2D eigenvalue weighted by atomic mass is 19.1. The maximum absolute atomic E-state index is 13.5. The van der Waals surface area contributed by atoms with E-state index in [1.165, 1.54) is 12.1 Å². The highest BCUT2D eigenvalue weighted by Gasteiger charge is 2.33. The maximum Gasteiger partial charge on any atom is 0.306 e. The van der Waals surface area contributed by atoms with E-state index in [1.54, 1.807) is 30.3 Å². The van der Waals surface area contributed by atoms with Crippen LogP contribution in [0.1, 0.15) is 54.9 Å². The maximum atomic E-state index is 13.5. The van der Waals surface area contributed by atoms with Crippen molar-refractivity contribution >= 4 is 5.97 Å². The number of hydrogen-bond donors (Lipinski definition) is 1. The Bertz CT molecular complexity index is 890. The Hall–Kier alpha value is -2.75. The van der Waals surface area contributed by atoms with Crippen LogP contribution in [-0.2, 0) is 21.7 Å². The average molecular weight is 413 g/mol. The van der Waals surface area contributed by atoms with Crippen molar-refractivity contribution in [3.63, 3.8) is 0 Å². The zero-order valence-electron chi connectivity index (χ0n) is 17.8. The quantitative estimate of drug-likeness (QED) is 0.594. The van der Waals surface area contributed by atoms with Crippen molar-refractivity contribution in [1.82, 2.24) is 4.90 Å². The minimum absolute atomic E-state index is 0.0408. The van der Waals surface area contributed by atoms with Crippen molar-refractivity contribution in [2.45, 2.75) is 44.8 Å². The molecule has 0 fully saturated rings. The van der Waals surface area contributed by atoms with E-state index < -0.39 is 5.60 Å². The van der Waals surface area contributed by atoms with Gasteiger partial charge < -0.3 is 14.7 Å². The minimum Gasteiger partial charge on any atom is -0.461 e. The van der Waals surface area contributed by atoms with E-state index >= 15 is 0 Å². The van der Waals surface area contributed by atoms with Crippen LogP contribution in [0.15, 0.2) is 42.5 Å². The molecular formula is C24H29FN2O3. The van der Waals surface area contributed by atoms with Crippen molar-refractivity contribution in [3.8, 4) is 6.07 Å². The van der Waals surface area contributed by atoms with E-state index in [9.17, 15) is 19.6 Å². The Labute approximate surface area is 177 Å². The van der Waals surface area contributed by atoms with Gasteiger partial charge in [0.15, 0.2) is 0 Å². The predicted octanol–water partition coefficient (Wildman–Crippen LogP) is 4.12. The fraction of sp³-hybridized carbons (Fsp3) is 0.417. The summed E-state index contributed by atoms with van der Waals surface area (Å²) in [6, 6.07) is 12.8. The van der Waals surface area contributed by atoms with Crippen molar-refractivity contribution in [1.29, 1.82) is 5.26 Å². The monoisotopic (exact) mass is 412 g/mol. The van der Waals surface area contributed by atoms with E-state index in [4.69, 9.17) is 4.74 Å². The fourth-order valence-electron chi connectivity index (χ4n) is 3.43. The lowest BCUT2D eigenvalue weighted by Gasteiger charge is -2.32. The summed E-state index contributed by atoms with van der Waals surface area (Å²) >= 11 is 0. The van der Waals surface area contributed by atoms with E-state index in [2.05, 4.69) is 6.07 Å². The van der Waals surface area contributed by atoms with E-state index in [-0.39, 0.29) is 18.4 Å². The van der Waals surface area contributed by atoms with Crippen LogP contribution in [0, 0.1) is 17.1 Å². The first-order valence-corrected chi connectivity index (χ1v) is 10.1. The van der Waals surface area contributed by atoms with Crippen LogP contribution in [0.25, 0.3) is 0 Å². The molecule has 0 saturated carbocycles. The molecule has 1 N–H and O–H groups in total. The van der Waals surface area contributed by atoms with E-state index in [0.717, 1.165) is 6.54 Å². The lowest BCUT2D eigenvalue weighted by atomic mass is 9.80. The average Bonchev–Trinajstić information content (AvgIpc) is 2.72. The number of rotatable bonds is 10. The molecule has 160 valence electrons. The number of carbonyl (C=O) groups is 1. The highest BCUT2D eigenvalue weighted by molar-refractivity contribution is 5.69. The first-order chi connectivity index (χ1) is 14.3. The smallest absolute Gasteiger partial charge is 0.306 e. The number of hydrogen-bond acceptors (Lipinski definition) is 5. The van der Waals surface area contributed by atoms with Crippen LogP contribution in [0.5, 0.6) is 0 Å². The first-order valence-electron chi connectivity index (χ1n) is 10.1. The van der Waals surface area contributed by atoms with Gasteiger partial charge in [-0.3, -0.25) is 4.79 Å². The standard InChI is InChI=1S/C24H29FN2O3/c1-4-6-23(28)30-17-19-15-18(16-26)7-12-22(19)24(29,13-5-14-27(2)3)20-8-10-21(25)11-9-20/h7-12,15,29H,4-6,13-14,17H2,1-3H3. The summed E-state index contributed by atoms with van der Waals surface area (Å²) in [5.74, 6) is -0.716. The second-order valence-corrected chi connectivity index (χ2v) is 7.67. The first kappa shape index (κ1) is 23.5. The molecule has 0 aliphatic carbocycles. The molecule has 0 saturated heterocycles. The number of ether oxygens (including phenoxy) is 1. The van der Waals surface area contributed by atoms with Gasteiger partial charge in [-0.15, -0.1) is 0 Å². The molecule has 0 aromatic heterocycles. The molecule has 1 atom stereocenters. The highest BCUT2D eigenvalue weighted by Crippen LogP contribution is 2.37. The zero-order valence-corrected chi connectivity index (χ0v) is 17.8. The number of nitriles is 1. The molecule has 6 heteroatoms. The van der Waals surface area contributed by atoms with Crippen molar-refractivity contribution in [2.24, 2.45) is 0 Å². The van der Waals surface area contributed by atoms with Crippen LogP contribution >= 0.6 is 0 Å². The fourth-order valence-corrected chi connectivity index (χ4v) is 3.43. The number of nitrogens with zero attached hydrogens (tertiary/aromatic N) is 2. The van der Waals surface area contributed by atoms with E-state index in [0.29, 0.717) is 47.9 Å². The van der Waals surface area contributed by atoms with Gasteiger partial charge in [0.1, 0.15) is 18.0 Å². The van der Waals surface area contributed by atoms with Gasteiger partial charge in [0, 0.05) is 6.42 Å². The summed E-state index contributed by atoms with van der Waals surface area (Å²) in [4.78, 5) is 13.9. The van der Waals surface area contributed by atoms with Gasteiger partial charge in [-0.05, 0) is 80.9 Å². The number of benzene rings is 2. The molecule has 2 rings (SSSR count). The molecule has 0 heterocycles. The Kier molecular flexibility index (Phi) is 8.52. The molecule has 0 radical (unpaired) electrons. The van der Waals surface area contributed by atoms with Gasteiger partial charge in [-0.25, -0.2) is 4.39 Å². The lowest BCUT2D eigenvalue weighted by Crippen LogP contribution is -2.30. The van der Waals surface area contributed by atoms with Gasteiger partial charge in [0.25, 0.3) is 0 Å². The van der Waals surface area contributed by atoms with Crippen molar-refractivity contribution < 1.29 is 19.0 Å². The van der Waals surface area contributed by atoms with Crippen LogP contribution in [0.2, 0.25) is 0 Å². The molecule has 5 nitrogen and oxygen atoms in total. The summed E-state index contributed by atoms with van der Waals surface area (Å²) in [6.07, 6.45) is 2.06. The summed E-state index contributed by atoms with van der Waals surface area (Å²) < 4.78 is 18.9. The van der Waals surface area contributed by atoms with Gasteiger partial charge in [0.05, 0.1) is 11.6 Å². The molecule has 0 aliphatic heterocycles. The van der Waals surface area contributed by atoms with Crippen molar-refractivity contribution in [3.05, 3.63) is 70.5 Å². The number of esters is 1. The lowest BCUT2D eigenvalue weighted by molar-refractivity contribution is -0.145. The summed E-state index contributed by atoms with van der Waals surface area (Å²) in [5, 5.41) is 21.1. The van der Waals surface area contributed by atoms with Gasteiger partial charge in [0.2, 0.25) is 0 Å². The van der Waals surface area contributed by atoms with Crippen LogP contribution in [0.4, 0.5) is 4.39 Å². The predicted molar refractivity (Wildman–Crippen MR) is 113 cm³/mol. The van der Waals surface area contributed by atoms with Crippen molar-refractivity contribution in [2.75, 3.05) is 20.6 Å². The second kappa shape index (κ2) is 10.9. The SMILES string of the molecule is CCCC(=O)OCc1cc(C#N)ccc1C(O)(CCCN(C)C)c1ccc(F)cc1. The number of aliphatic hydroxyl groups is 1. The van der Waals surface area contributed by atoms with Crippen LogP contribution in [0.3, 0.4) is 0 Å². The zero-order chi connectivity index (χ0) is 22.1. The largest absolute Gasteiger partial charge is 0.461 e. The Morgan fingerprint density at radius 1 is 1.23 bits per heavy atom. The van der Waals surface area contributed by atoms with Crippen LogP contribution < -0.4 is 0 Å². The summed E-state index contributed by atoms with van der Waals surface area (Å²) in [5.41, 5.74) is 0.666. The summed E-state index contributed by atoms with van der Waals surface area (Å²) in [6.45, 7) is 2.61. The van der Waals surface area contributed by atoms with Gasteiger partial charge in [-0.1, -0.05) is 25.1 Å². The molecule has 0 spiro atoms. The molecule has 0 aliphatic rings. The Morgan fingerprint density at radius 2 is 1.93 bits per heavy atom. The summed E-state index contributed by atoms with van der Waals surface area (Å²) in [7, 11) is 3.91. The molecule has 2 aromatic rings. The van der Waals surface area contributed by atoms with E-state index in [1.807, 2.05) is 25.9 Å². The third kappa shape index (κ3) is 6.12. The minimum atomic E-state index is -1.41. The topological polar surface area (TPSA) is 73.6 Å². The third-order valence-corrected chi connectivity index (χ3v) is 4.99. The molecule has 30 heavy (non-hydrogen) atoms. The third-order valence-electron chi connectivity index (χ3n) is 4.99.